The van der Waals surface area contributed by atoms with E-state index in [2.05, 4.69) is 27.3 Å². The lowest BCUT2D eigenvalue weighted by molar-refractivity contribution is -0.150. The number of hydrogen-bond donors (Lipinski definition) is 1. The minimum Gasteiger partial charge on any atom is -0.396 e. The summed E-state index contributed by atoms with van der Waals surface area (Å²) < 4.78 is 5.27. The van der Waals surface area contributed by atoms with Crippen LogP contribution in [0.5, 0.6) is 0 Å². The molecule has 0 unspecified atom stereocenters. The Balaban J connectivity index is 1.44. The van der Waals surface area contributed by atoms with Gasteiger partial charge in [0.2, 0.25) is 0 Å². The van der Waals surface area contributed by atoms with E-state index >= 15 is 0 Å². The summed E-state index contributed by atoms with van der Waals surface area (Å²) in [6.45, 7) is 8.22. The van der Waals surface area contributed by atoms with E-state index in [1.54, 1.807) is 0 Å². The first-order chi connectivity index (χ1) is 9.30. The van der Waals surface area contributed by atoms with Crippen LogP contribution in [0.4, 0.5) is 0 Å². The van der Waals surface area contributed by atoms with Crippen molar-refractivity contribution in [2.45, 2.75) is 6.54 Å². The zero-order chi connectivity index (χ0) is 13.1. The highest BCUT2D eigenvalue weighted by Gasteiger charge is 2.40. The van der Waals surface area contributed by atoms with E-state index in [1.165, 1.54) is 4.88 Å². The summed E-state index contributed by atoms with van der Waals surface area (Å²) in [6.07, 6.45) is 0. The molecule has 0 saturated carbocycles. The summed E-state index contributed by atoms with van der Waals surface area (Å²) in [4.78, 5) is 6.45. The van der Waals surface area contributed by atoms with Crippen molar-refractivity contribution in [3.05, 3.63) is 22.4 Å². The van der Waals surface area contributed by atoms with Crippen LogP contribution in [0.1, 0.15) is 4.88 Å². The topological polar surface area (TPSA) is 35.9 Å². The third kappa shape index (κ3) is 3.17. The molecule has 19 heavy (non-hydrogen) atoms. The van der Waals surface area contributed by atoms with Crippen LogP contribution in [0.3, 0.4) is 0 Å². The second-order valence-electron chi connectivity index (χ2n) is 5.78. The molecule has 0 radical (unpaired) electrons. The molecule has 1 aromatic rings. The smallest absolute Gasteiger partial charge is 0.0579 e. The SMILES string of the molecule is OCC1(CN2CCN(Cc3cccs3)CC2)COC1. The van der Waals surface area contributed by atoms with Gasteiger partial charge >= 0.3 is 0 Å². The number of ether oxygens (including phenoxy) is 1. The highest BCUT2D eigenvalue weighted by atomic mass is 32.1. The van der Waals surface area contributed by atoms with Crippen molar-refractivity contribution >= 4 is 11.3 Å². The summed E-state index contributed by atoms with van der Waals surface area (Å²) in [6, 6.07) is 4.33. The van der Waals surface area contributed by atoms with Gasteiger partial charge in [0, 0.05) is 44.1 Å². The Bertz CT molecular complexity index is 379. The van der Waals surface area contributed by atoms with Crippen LogP contribution in [0, 0.1) is 5.41 Å². The van der Waals surface area contributed by atoms with E-state index in [0.29, 0.717) is 0 Å². The molecule has 0 aromatic carbocycles. The van der Waals surface area contributed by atoms with Gasteiger partial charge in [0.1, 0.15) is 0 Å². The van der Waals surface area contributed by atoms with Gasteiger partial charge in [-0.1, -0.05) is 6.07 Å². The Morgan fingerprint density at radius 3 is 2.47 bits per heavy atom. The Hall–Kier alpha value is -0.460. The molecular formula is C14H22N2O2S. The summed E-state index contributed by atoms with van der Waals surface area (Å²) in [7, 11) is 0. The maximum Gasteiger partial charge on any atom is 0.0579 e. The van der Waals surface area contributed by atoms with Crippen molar-refractivity contribution < 1.29 is 9.84 Å². The van der Waals surface area contributed by atoms with Gasteiger partial charge in [0.25, 0.3) is 0 Å². The van der Waals surface area contributed by atoms with Crippen LogP contribution >= 0.6 is 11.3 Å². The first kappa shape index (κ1) is 13.5. The lowest BCUT2D eigenvalue weighted by Crippen LogP contribution is -2.56. The van der Waals surface area contributed by atoms with E-state index in [9.17, 15) is 5.11 Å². The normalized spacial score (nSPS) is 24.3. The molecule has 0 aliphatic carbocycles. The molecule has 3 rings (SSSR count). The van der Waals surface area contributed by atoms with E-state index in [1.807, 2.05) is 11.3 Å². The molecule has 2 aliphatic rings. The van der Waals surface area contributed by atoms with Gasteiger partial charge in [-0.3, -0.25) is 9.80 Å². The fourth-order valence-electron chi connectivity index (χ4n) is 2.83. The second kappa shape index (κ2) is 5.89. The van der Waals surface area contributed by atoms with E-state index < -0.39 is 0 Å². The fourth-order valence-corrected chi connectivity index (χ4v) is 3.57. The number of piperazine rings is 1. The molecule has 0 spiro atoms. The highest BCUT2D eigenvalue weighted by molar-refractivity contribution is 7.09. The number of rotatable bonds is 5. The number of hydrogen-bond acceptors (Lipinski definition) is 5. The Morgan fingerprint density at radius 2 is 1.95 bits per heavy atom. The number of aliphatic hydroxyl groups excluding tert-OH is 1. The first-order valence-electron chi connectivity index (χ1n) is 6.95. The minimum atomic E-state index is 0.0237. The van der Waals surface area contributed by atoms with Crippen molar-refractivity contribution in [3.63, 3.8) is 0 Å². The summed E-state index contributed by atoms with van der Waals surface area (Å²) in [5.74, 6) is 0. The van der Waals surface area contributed by atoms with Gasteiger partial charge in [-0.15, -0.1) is 11.3 Å². The van der Waals surface area contributed by atoms with Gasteiger partial charge in [-0.25, -0.2) is 0 Å². The van der Waals surface area contributed by atoms with E-state index in [4.69, 9.17) is 4.74 Å². The molecule has 2 saturated heterocycles. The molecule has 0 amide bonds. The molecule has 106 valence electrons. The van der Waals surface area contributed by atoms with Gasteiger partial charge in [0.15, 0.2) is 0 Å². The van der Waals surface area contributed by atoms with Crippen molar-refractivity contribution in [1.29, 1.82) is 0 Å². The molecule has 2 fully saturated rings. The van der Waals surface area contributed by atoms with Crippen molar-refractivity contribution in [1.82, 2.24) is 9.80 Å². The van der Waals surface area contributed by atoms with Crippen LogP contribution in [0.2, 0.25) is 0 Å². The molecule has 4 nitrogen and oxygen atoms in total. The molecule has 0 atom stereocenters. The van der Waals surface area contributed by atoms with Crippen molar-refractivity contribution in [3.8, 4) is 0 Å². The number of nitrogens with zero attached hydrogens (tertiary/aromatic N) is 2. The average molecular weight is 282 g/mol. The van der Waals surface area contributed by atoms with Crippen LogP contribution in [0.15, 0.2) is 17.5 Å². The third-order valence-corrected chi connectivity index (χ3v) is 5.00. The second-order valence-corrected chi connectivity index (χ2v) is 6.81. The molecule has 1 N–H and O–H groups in total. The lowest BCUT2D eigenvalue weighted by Gasteiger charge is -2.45. The fraction of sp³-hybridized carbons (Fsp3) is 0.714. The number of aliphatic hydroxyl groups is 1. The van der Waals surface area contributed by atoms with Crippen LogP contribution in [0.25, 0.3) is 0 Å². The quantitative estimate of drug-likeness (QED) is 0.869. The highest BCUT2D eigenvalue weighted by Crippen LogP contribution is 2.28. The van der Waals surface area contributed by atoms with Crippen molar-refractivity contribution in [2.75, 3.05) is 52.5 Å². The average Bonchev–Trinajstić information content (AvgIpc) is 2.89. The van der Waals surface area contributed by atoms with Gasteiger partial charge in [-0.05, 0) is 11.4 Å². The first-order valence-corrected chi connectivity index (χ1v) is 7.83. The standard InChI is InChI=1S/C14H22N2O2S/c17-10-14(11-18-12-14)9-16-5-3-15(4-6-16)8-13-2-1-7-19-13/h1-2,7,17H,3-6,8-12H2. The predicted molar refractivity (Wildman–Crippen MR) is 76.4 cm³/mol. The van der Waals surface area contributed by atoms with E-state index in [0.717, 1.165) is 52.5 Å². The Kier molecular flexibility index (Phi) is 4.19. The molecule has 2 aliphatic heterocycles. The lowest BCUT2D eigenvalue weighted by atomic mass is 9.86. The van der Waals surface area contributed by atoms with Crippen LogP contribution in [-0.4, -0.2) is 67.5 Å². The van der Waals surface area contributed by atoms with Crippen LogP contribution < -0.4 is 0 Å². The van der Waals surface area contributed by atoms with Crippen LogP contribution in [-0.2, 0) is 11.3 Å². The monoisotopic (exact) mass is 282 g/mol. The van der Waals surface area contributed by atoms with Gasteiger partial charge in [-0.2, -0.15) is 0 Å². The Labute approximate surface area is 118 Å². The number of thiophene rings is 1. The summed E-state index contributed by atoms with van der Waals surface area (Å²) in [5.41, 5.74) is 0.0237. The zero-order valence-electron chi connectivity index (χ0n) is 11.3. The van der Waals surface area contributed by atoms with Gasteiger partial charge in [0.05, 0.1) is 25.2 Å². The maximum absolute atomic E-state index is 9.47. The molecular weight excluding hydrogens is 260 g/mol. The summed E-state index contributed by atoms with van der Waals surface area (Å²) in [5, 5.41) is 11.6. The molecule has 5 heteroatoms. The third-order valence-electron chi connectivity index (χ3n) is 4.14. The summed E-state index contributed by atoms with van der Waals surface area (Å²) >= 11 is 1.84. The largest absolute Gasteiger partial charge is 0.396 e. The van der Waals surface area contributed by atoms with Gasteiger partial charge < -0.3 is 9.84 Å². The molecule has 0 bridgehead atoms. The minimum absolute atomic E-state index is 0.0237. The zero-order valence-corrected chi connectivity index (χ0v) is 12.1. The predicted octanol–water partition coefficient (Wildman–Crippen LogP) is 0.875. The van der Waals surface area contributed by atoms with Crippen molar-refractivity contribution in [2.24, 2.45) is 5.41 Å². The van der Waals surface area contributed by atoms with E-state index in [-0.39, 0.29) is 12.0 Å². The Morgan fingerprint density at radius 1 is 1.21 bits per heavy atom. The maximum atomic E-state index is 9.47. The molecule has 1 aromatic heterocycles. The molecule has 3 heterocycles.